The summed E-state index contributed by atoms with van der Waals surface area (Å²) in [6.07, 6.45) is 2.43. The fourth-order valence-electron chi connectivity index (χ4n) is 1.43. The minimum absolute atomic E-state index is 0.0508. The van der Waals surface area contributed by atoms with Gasteiger partial charge in [-0.1, -0.05) is 26.7 Å². The van der Waals surface area contributed by atoms with E-state index >= 15 is 0 Å². The lowest BCUT2D eigenvalue weighted by molar-refractivity contribution is -0.123. The van der Waals surface area contributed by atoms with Crippen molar-refractivity contribution in [3.63, 3.8) is 0 Å². The molecule has 5 nitrogen and oxygen atoms in total. The molecular weight excluding hydrogens is 229 g/mol. The molecule has 0 aliphatic heterocycles. The summed E-state index contributed by atoms with van der Waals surface area (Å²) in [5, 5.41) is 0. The lowest BCUT2D eigenvalue weighted by atomic mass is 9.98. The van der Waals surface area contributed by atoms with Crippen molar-refractivity contribution in [2.75, 3.05) is 6.16 Å². The monoisotopic (exact) mass is 251 g/mol. The fourth-order valence-corrected chi connectivity index (χ4v) is 2.06. The van der Waals surface area contributed by atoms with Gasteiger partial charge < -0.3 is 15.5 Å². The Labute approximate surface area is 96.6 Å². The molecule has 0 aromatic carbocycles. The maximum absolute atomic E-state index is 11.4. The van der Waals surface area contributed by atoms with Gasteiger partial charge in [0.05, 0.1) is 6.04 Å². The lowest BCUT2D eigenvalue weighted by Crippen LogP contribution is -2.33. The van der Waals surface area contributed by atoms with Crippen molar-refractivity contribution in [2.24, 2.45) is 11.7 Å². The first kappa shape index (κ1) is 15.8. The molecule has 0 aromatic rings. The van der Waals surface area contributed by atoms with Crippen LogP contribution in [0.4, 0.5) is 0 Å². The van der Waals surface area contributed by atoms with Gasteiger partial charge in [-0.15, -0.1) is 0 Å². The summed E-state index contributed by atoms with van der Waals surface area (Å²) in [4.78, 5) is 28.7. The molecule has 0 fully saturated rings. The topological polar surface area (TPSA) is 101 Å². The molecule has 0 heterocycles. The van der Waals surface area contributed by atoms with Crippen LogP contribution >= 0.6 is 7.60 Å². The van der Waals surface area contributed by atoms with E-state index in [-0.39, 0.29) is 17.9 Å². The maximum Gasteiger partial charge on any atom is 0.325 e. The number of hydrogen-bond donors (Lipinski definition) is 3. The Morgan fingerprint density at radius 1 is 1.25 bits per heavy atom. The van der Waals surface area contributed by atoms with E-state index in [2.05, 4.69) is 0 Å². The molecule has 4 N–H and O–H groups in total. The highest BCUT2D eigenvalue weighted by molar-refractivity contribution is 7.51. The SMILES string of the molecule is CC(C)C(=O)C(N)CCCCCP(=O)(O)O. The van der Waals surface area contributed by atoms with Crippen LogP contribution in [0.25, 0.3) is 0 Å². The largest absolute Gasteiger partial charge is 0.325 e. The third-order valence-corrected chi connectivity index (χ3v) is 3.30. The van der Waals surface area contributed by atoms with E-state index in [4.69, 9.17) is 15.5 Å². The van der Waals surface area contributed by atoms with Gasteiger partial charge in [-0.05, 0) is 12.8 Å². The van der Waals surface area contributed by atoms with Crippen molar-refractivity contribution < 1.29 is 19.1 Å². The van der Waals surface area contributed by atoms with E-state index in [1.807, 2.05) is 13.8 Å². The first-order valence-corrected chi connectivity index (χ1v) is 7.37. The molecule has 0 saturated heterocycles. The van der Waals surface area contributed by atoms with Crippen LogP contribution in [0.3, 0.4) is 0 Å². The molecule has 0 bridgehead atoms. The van der Waals surface area contributed by atoms with Gasteiger partial charge in [-0.25, -0.2) is 0 Å². The summed E-state index contributed by atoms with van der Waals surface area (Å²) in [6, 6.07) is -0.435. The van der Waals surface area contributed by atoms with Crippen LogP contribution in [0, 0.1) is 5.92 Å². The molecular formula is C10H22NO4P. The van der Waals surface area contributed by atoms with Gasteiger partial charge in [0.25, 0.3) is 0 Å². The van der Waals surface area contributed by atoms with Crippen molar-refractivity contribution in [3.8, 4) is 0 Å². The third-order valence-electron chi connectivity index (χ3n) is 2.40. The van der Waals surface area contributed by atoms with Crippen LogP contribution in [0.15, 0.2) is 0 Å². The molecule has 0 aliphatic rings. The second-order valence-corrected chi connectivity index (χ2v) is 6.18. The van der Waals surface area contributed by atoms with Gasteiger partial charge >= 0.3 is 7.60 Å². The maximum atomic E-state index is 11.4. The van der Waals surface area contributed by atoms with Crippen molar-refractivity contribution in [3.05, 3.63) is 0 Å². The molecule has 0 aromatic heterocycles. The molecule has 0 aliphatic carbocycles. The molecule has 6 heteroatoms. The standard InChI is InChI=1S/C10H22NO4P/c1-8(2)10(12)9(11)6-4-3-5-7-16(13,14)15/h8-9H,3-7,11H2,1-2H3,(H2,13,14,15). The number of unbranched alkanes of at least 4 members (excludes halogenated alkanes) is 2. The number of carbonyl (C=O) groups is 1. The van der Waals surface area contributed by atoms with E-state index in [0.717, 1.165) is 6.42 Å². The lowest BCUT2D eigenvalue weighted by Gasteiger charge is -2.12. The molecule has 96 valence electrons. The highest BCUT2D eigenvalue weighted by Crippen LogP contribution is 2.35. The van der Waals surface area contributed by atoms with Gasteiger partial charge in [0, 0.05) is 12.1 Å². The van der Waals surface area contributed by atoms with E-state index in [1.165, 1.54) is 0 Å². The Kier molecular flexibility index (Phi) is 7.07. The second kappa shape index (κ2) is 7.17. The zero-order valence-corrected chi connectivity index (χ0v) is 10.8. The summed E-state index contributed by atoms with van der Waals surface area (Å²) in [5.41, 5.74) is 5.68. The van der Waals surface area contributed by atoms with Gasteiger partial charge in [0.1, 0.15) is 0 Å². The quantitative estimate of drug-likeness (QED) is 0.445. The predicted molar refractivity (Wildman–Crippen MR) is 63.2 cm³/mol. The molecule has 16 heavy (non-hydrogen) atoms. The normalized spacial score (nSPS) is 14.1. The van der Waals surface area contributed by atoms with E-state index in [9.17, 15) is 9.36 Å². The minimum atomic E-state index is -3.86. The average Bonchev–Trinajstić information content (AvgIpc) is 2.13. The Balaban J connectivity index is 3.60. The summed E-state index contributed by atoms with van der Waals surface area (Å²) in [5.74, 6) is 0.0000825. The highest BCUT2D eigenvalue weighted by Gasteiger charge is 2.16. The summed E-state index contributed by atoms with van der Waals surface area (Å²) in [6.45, 7) is 3.63. The molecule has 0 radical (unpaired) electrons. The van der Waals surface area contributed by atoms with Crippen LogP contribution in [0.5, 0.6) is 0 Å². The van der Waals surface area contributed by atoms with Gasteiger partial charge in [-0.3, -0.25) is 9.36 Å². The van der Waals surface area contributed by atoms with Crippen molar-refractivity contribution in [1.29, 1.82) is 0 Å². The first-order valence-electron chi connectivity index (χ1n) is 5.58. The number of hydrogen-bond acceptors (Lipinski definition) is 3. The Morgan fingerprint density at radius 2 is 1.81 bits per heavy atom. The Bertz CT molecular complexity index is 262. The Hall–Kier alpha value is -0.220. The number of ketones is 1. The van der Waals surface area contributed by atoms with E-state index in [0.29, 0.717) is 19.3 Å². The van der Waals surface area contributed by atoms with Crippen molar-refractivity contribution in [1.82, 2.24) is 0 Å². The molecule has 1 atom stereocenters. The van der Waals surface area contributed by atoms with Crippen LogP contribution < -0.4 is 5.73 Å². The predicted octanol–water partition coefficient (Wildman–Crippen LogP) is 1.28. The third kappa shape index (κ3) is 7.99. The van der Waals surface area contributed by atoms with Crippen LogP contribution in [-0.2, 0) is 9.36 Å². The highest BCUT2D eigenvalue weighted by atomic mass is 31.2. The zero-order chi connectivity index (χ0) is 12.8. The number of carbonyl (C=O) groups excluding carboxylic acids is 1. The Morgan fingerprint density at radius 3 is 2.25 bits per heavy atom. The summed E-state index contributed by atoms with van der Waals surface area (Å²) < 4.78 is 10.5. The van der Waals surface area contributed by atoms with Crippen LogP contribution in [0.1, 0.15) is 39.5 Å². The van der Waals surface area contributed by atoms with Crippen LogP contribution in [-0.4, -0.2) is 27.8 Å². The average molecular weight is 251 g/mol. The first-order chi connectivity index (χ1) is 7.24. The second-order valence-electron chi connectivity index (χ2n) is 4.40. The van der Waals surface area contributed by atoms with Crippen LogP contribution in [0.2, 0.25) is 0 Å². The fraction of sp³-hybridized carbons (Fsp3) is 0.900. The number of nitrogens with two attached hydrogens (primary N) is 1. The number of rotatable bonds is 8. The van der Waals surface area contributed by atoms with Gasteiger partial charge in [-0.2, -0.15) is 0 Å². The van der Waals surface area contributed by atoms with Crippen molar-refractivity contribution >= 4 is 13.4 Å². The molecule has 0 rings (SSSR count). The van der Waals surface area contributed by atoms with Crippen molar-refractivity contribution in [2.45, 2.75) is 45.6 Å². The van der Waals surface area contributed by atoms with Gasteiger partial charge in [0.15, 0.2) is 5.78 Å². The zero-order valence-electron chi connectivity index (χ0n) is 9.93. The minimum Gasteiger partial charge on any atom is -0.324 e. The van der Waals surface area contributed by atoms with E-state index < -0.39 is 13.6 Å². The van der Waals surface area contributed by atoms with E-state index in [1.54, 1.807) is 0 Å². The number of Topliss-reactive ketones (excluding diaryl/α,β-unsaturated/α-hetero) is 1. The summed E-state index contributed by atoms with van der Waals surface area (Å²) >= 11 is 0. The molecule has 0 spiro atoms. The molecule has 0 saturated carbocycles. The molecule has 1 unspecified atom stereocenters. The smallest absolute Gasteiger partial charge is 0.324 e. The molecule has 0 amide bonds. The van der Waals surface area contributed by atoms with Gasteiger partial charge in [0.2, 0.25) is 0 Å². The summed E-state index contributed by atoms with van der Waals surface area (Å²) in [7, 11) is -3.86.